The quantitative estimate of drug-likeness (QED) is 0.514. The van der Waals surface area contributed by atoms with Crippen molar-refractivity contribution in [3.63, 3.8) is 0 Å². The van der Waals surface area contributed by atoms with Gasteiger partial charge >= 0.3 is 24.3 Å². The van der Waals surface area contributed by atoms with Crippen LogP contribution in [0, 0.1) is 0 Å². The molecule has 1 unspecified atom stereocenters. The number of benzene rings is 1. The lowest BCUT2D eigenvalue weighted by molar-refractivity contribution is -0.193. The van der Waals surface area contributed by atoms with Crippen LogP contribution in [0.4, 0.5) is 26.3 Å². The van der Waals surface area contributed by atoms with Crippen LogP contribution in [0.2, 0.25) is 0 Å². The number of alkyl halides is 6. The zero-order valence-electron chi connectivity index (χ0n) is 16.8. The van der Waals surface area contributed by atoms with Gasteiger partial charge in [0.1, 0.15) is 6.17 Å². The number of allylic oxidation sites excluding steroid dienone is 3. The second-order valence-electron chi connectivity index (χ2n) is 6.19. The number of rotatable bonds is 2. The van der Waals surface area contributed by atoms with E-state index in [-0.39, 0.29) is 6.17 Å². The highest BCUT2D eigenvalue weighted by atomic mass is 32.2. The molecule has 186 valence electrons. The molecule has 0 radical (unpaired) electrons. The molecule has 1 aromatic rings. The number of carbonyl (C=O) groups is 2. The molecule has 2 aliphatic heterocycles. The van der Waals surface area contributed by atoms with Crippen molar-refractivity contribution in [2.45, 2.75) is 23.4 Å². The highest BCUT2D eigenvalue weighted by molar-refractivity contribution is 7.90. The first-order valence-electron chi connectivity index (χ1n) is 8.59. The van der Waals surface area contributed by atoms with Gasteiger partial charge in [0.15, 0.2) is 15.7 Å². The van der Waals surface area contributed by atoms with Crippen molar-refractivity contribution in [3.05, 3.63) is 53.8 Å². The van der Waals surface area contributed by atoms with Crippen LogP contribution in [-0.2, 0) is 19.4 Å². The van der Waals surface area contributed by atoms with E-state index in [0.717, 1.165) is 11.3 Å². The van der Waals surface area contributed by atoms with Crippen LogP contribution >= 0.6 is 0 Å². The lowest BCUT2D eigenvalue weighted by Crippen LogP contribution is -2.21. The lowest BCUT2D eigenvalue weighted by atomic mass is 10.2. The molecule has 0 amide bonds. The van der Waals surface area contributed by atoms with Gasteiger partial charge in [0.25, 0.3) is 0 Å². The zero-order chi connectivity index (χ0) is 26.3. The summed E-state index contributed by atoms with van der Waals surface area (Å²) in [6.45, 7) is 0. The Bertz CT molecular complexity index is 1110. The number of aliphatic imine (C=N–C) groups is 2. The minimum atomic E-state index is -5.08. The number of carboxylic acids is 2. The highest BCUT2D eigenvalue weighted by Gasteiger charge is 2.38. The van der Waals surface area contributed by atoms with E-state index >= 15 is 0 Å². The Hall–Kier alpha value is -3.69. The second kappa shape index (κ2) is 11.0. The van der Waals surface area contributed by atoms with E-state index in [1.54, 1.807) is 30.5 Å². The van der Waals surface area contributed by atoms with E-state index in [1.165, 1.54) is 6.26 Å². The number of sulfone groups is 1. The molecule has 0 aliphatic carbocycles. The van der Waals surface area contributed by atoms with Crippen molar-refractivity contribution in [2.75, 3.05) is 6.26 Å². The number of amidine groups is 1. The summed E-state index contributed by atoms with van der Waals surface area (Å²) in [6, 6.07) is 6.73. The SMILES string of the molecule is CS(=O)(=O)c1ccc(C2N=C3N=CC=CC=C3N2)cc1.O=C(O)C(F)(F)F.O=C(O)C(F)(F)F. The van der Waals surface area contributed by atoms with Crippen molar-refractivity contribution >= 4 is 33.8 Å². The predicted octanol–water partition coefficient (Wildman–Crippen LogP) is 2.88. The maximum absolute atomic E-state index is 11.4. The molecule has 0 saturated heterocycles. The van der Waals surface area contributed by atoms with Gasteiger partial charge in [-0.1, -0.05) is 18.2 Å². The molecule has 3 N–H and O–H groups in total. The summed E-state index contributed by atoms with van der Waals surface area (Å²) < 4.78 is 86.3. The van der Waals surface area contributed by atoms with Crippen LogP contribution in [0.25, 0.3) is 0 Å². The van der Waals surface area contributed by atoms with E-state index in [4.69, 9.17) is 19.8 Å². The van der Waals surface area contributed by atoms with Crippen molar-refractivity contribution in [3.8, 4) is 0 Å². The molecule has 2 aliphatic rings. The zero-order valence-corrected chi connectivity index (χ0v) is 17.6. The Kier molecular flexibility index (Phi) is 9.13. The van der Waals surface area contributed by atoms with Crippen LogP contribution in [0.15, 0.2) is 63.1 Å². The third-order valence-electron chi connectivity index (χ3n) is 3.55. The number of nitrogens with zero attached hydrogens (tertiary/aromatic N) is 2. The topological polar surface area (TPSA) is 145 Å². The number of fused-ring (bicyclic) bond motifs is 1. The average molecular weight is 515 g/mol. The van der Waals surface area contributed by atoms with Crippen LogP contribution < -0.4 is 5.32 Å². The summed E-state index contributed by atoms with van der Waals surface area (Å²) in [5.74, 6) is -4.85. The van der Waals surface area contributed by atoms with Gasteiger partial charge in [-0.05, 0) is 29.8 Å². The van der Waals surface area contributed by atoms with Crippen molar-refractivity contribution in [1.29, 1.82) is 0 Å². The fourth-order valence-corrected chi connectivity index (χ4v) is 2.66. The van der Waals surface area contributed by atoms with Gasteiger partial charge in [-0.2, -0.15) is 26.3 Å². The molecule has 0 bridgehead atoms. The fraction of sp³-hybridized carbons (Fsp3) is 0.222. The van der Waals surface area contributed by atoms with E-state index in [2.05, 4.69) is 15.3 Å². The second-order valence-corrected chi connectivity index (χ2v) is 8.21. The molecule has 16 heteroatoms. The lowest BCUT2D eigenvalue weighted by Gasteiger charge is -2.10. The van der Waals surface area contributed by atoms with Crippen molar-refractivity contribution in [1.82, 2.24) is 5.32 Å². The summed E-state index contributed by atoms with van der Waals surface area (Å²) in [6.07, 6.45) is -1.86. The van der Waals surface area contributed by atoms with E-state index in [0.29, 0.717) is 10.7 Å². The van der Waals surface area contributed by atoms with Gasteiger partial charge in [0.2, 0.25) is 0 Å². The smallest absolute Gasteiger partial charge is 0.475 e. The van der Waals surface area contributed by atoms with Gasteiger partial charge < -0.3 is 15.5 Å². The Morgan fingerprint density at radius 3 is 1.82 bits per heavy atom. The molecule has 0 fully saturated rings. The third kappa shape index (κ3) is 9.05. The summed E-state index contributed by atoms with van der Waals surface area (Å²) in [5.41, 5.74) is 1.77. The molecule has 0 spiro atoms. The minimum absolute atomic E-state index is 0.228. The number of hydrogen-bond donors (Lipinski definition) is 3. The first-order chi connectivity index (χ1) is 15.4. The first kappa shape index (κ1) is 28.3. The number of carboxylic acid groups (broad SMARTS) is 2. The molecule has 0 aromatic heterocycles. The van der Waals surface area contributed by atoms with Gasteiger partial charge in [0, 0.05) is 12.5 Å². The Labute approximate surface area is 187 Å². The molecule has 1 atom stereocenters. The Balaban J connectivity index is 0.000000343. The molecule has 34 heavy (non-hydrogen) atoms. The van der Waals surface area contributed by atoms with Gasteiger partial charge in [-0.3, -0.25) is 0 Å². The Morgan fingerprint density at radius 2 is 1.41 bits per heavy atom. The largest absolute Gasteiger partial charge is 0.490 e. The maximum Gasteiger partial charge on any atom is 0.490 e. The van der Waals surface area contributed by atoms with E-state index in [1.807, 2.05) is 18.2 Å². The molecule has 2 heterocycles. The normalized spacial score (nSPS) is 16.9. The number of aliphatic carboxylic acids is 2. The molecule has 1 aromatic carbocycles. The van der Waals surface area contributed by atoms with Gasteiger partial charge in [-0.25, -0.2) is 28.0 Å². The average Bonchev–Trinajstić information content (AvgIpc) is 2.97. The van der Waals surface area contributed by atoms with E-state index in [9.17, 15) is 34.8 Å². The molecule has 9 nitrogen and oxygen atoms in total. The number of hydrogen-bond acceptors (Lipinski definition) is 7. The van der Waals surface area contributed by atoms with Crippen LogP contribution in [0.3, 0.4) is 0 Å². The molecule has 3 rings (SSSR count). The van der Waals surface area contributed by atoms with Crippen molar-refractivity contribution in [2.24, 2.45) is 9.98 Å². The van der Waals surface area contributed by atoms with Crippen LogP contribution in [-0.4, -0.2) is 61.2 Å². The van der Waals surface area contributed by atoms with Crippen molar-refractivity contribution < 1.29 is 54.6 Å². The van der Waals surface area contributed by atoms with Crippen LogP contribution in [0.1, 0.15) is 11.7 Å². The van der Waals surface area contributed by atoms with Gasteiger partial charge in [0.05, 0.1) is 10.6 Å². The number of nitrogens with one attached hydrogen (secondary N) is 1. The third-order valence-corrected chi connectivity index (χ3v) is 4.68. The minimum Gasteiger partial charge on any atom is -0.475 e. The molecular weight excluding hydrogens is 500 g/mol. The summed E-state index contributed by atoms with van der Waals surface area (Å²) in [4.78, 5) is 26.8. The molecule has 0 saturated carbocycles. The predicted molar refractivity (Wildman–Crippen MR) is 106 cm³/mol. The fourth-order valence-electron chi connectivity index (χ4n) is 2.03. The molecular formula is C18H15F6N3O6S. The summed E-state index contributed by atoms with van der Waals surface area (Å²) in [5, 5.41) is 17.5. The maximum atomic E-state index is 11.4. The summed E-state index contributed by atoms with van der Waals surface area (Å²) in [7, 11) is -3.17. The monoisotopic (exact) mass is 515 g/mol. The summed E-state index contributed by atoms with van der Waals surface area (Å²) >= 11 is 0. The van der Waals surface area contributed by atoms with Crippen LogP contribution in [0.5, 0.6) is 0 Å². The number of halogens is 6. The first-order valence-corrected chi connectivity index (χ1v) is 10.5. The standard InChI is InChI=1S/C14H13N3O2S.2C2HF3O2/c1-20(18,19)11-7-5-10(6-8-11)13-16-12-4-2-3-9-15-14(12)17-13;2*3-2(4,5)1(6)7/h2-9,13,16H,1H3;2*(H,6,7). The Morgan fingerprint density at radius 1 is 0.941 bits per heavy atom. The van der Waals surface area contributed by atoms with Gasteiger partial charge in [-0.15, -0.1) is 0 Å². The highest BCUT2D eigenvalue weighted by Crippen LogP contribution is 2.25. The van der Waals surface area contributed by atoms with E-state index < -0.39 is 34.1 Å².